The minimum absolute atomic E-state index is 0.201. The lowest BCUT2D eigenvalue weighted by atomic mass is 10.1. The zero-order chi connectivity index (χ0) is 12.9. The van der Waals surface area contributed by atoms with Gasteiger partial charge in [0.15, 0.2) is 0 Å². The predicted molar refractivity (Wildman–Crippen MR) is 73.5 cm³/mol. The third kappa shape index (κ3) is 12.1. The molecule has 0 bridgehead atoms. The predicted octanol–water partition coefficient (Wildman–Crippen LogP) is 2.99. The van der Waals surface area contributed by atoms with Crippen LogP contribution >= 0.6 is 0 Å². The number of hydrogen-bond donors (Lipinski definition) is 1. The first-order valence-electron chi connectivity index (χ1n) is 7.13. The van der Waals surface area contributed by atoms with Crippen LogP contribution in [0.25, 0.3) is 0 Å². The van der Waals surface area contributed by atoms with Gasteiger partial charge in [0, 0.05) is 19.2 Å². The molecule has 0 aliphatic rings. The molecular formula is C14H31NO2. The largest absolute Gasteiger partial charge is 0.379 e. The molecular weight excluding hydrogens is 214 g/mol. The first-order chi connectivity index (χ1) is 8.20. The monoisotopic (exact) mass is 245 g/mol. The van der Waals surface area contributed by atoms with Crippen LogP contribution in [0.5, 0.6) is 0 Å². The molecule has 0 heterocycles. The molecule has 0 radical (unpaired) electrons. The Labute approximate surface area is 107 Å². The molecule has 17 heavy (non-hydrogen) atoms. The Kier molecular flexibility index (Phi) is 12.3. The highest BCUT2D eigenvalue weighted by Gasteiger charge is 2.03. The molecule has 2 atom stereocenters. The molecule has 3 nitrogen and oxygen atoms in total. The third-order valence-electron chi connectivity index (χ3n) is 2.79. The highest BCUT2D eigenvalue weighted by molar-refractivity contribution is 4.60. The second kappa shape index (κ2) is 12.3. The molecule has 1 N–H and O–H groups in total. The van der Waals surface area contributed by atoms with E-state index in [1.165, 1.54) is 25.7 Å². The maximum atomic E-state index is 5.63. The summed E-state index contributed by atoms with van der Waals surface area (Å²) in [5, 5.41) is 3.49. The summed E-state index contributed by atoms with van der Waals surface area (Å²) in [7, 11) is 0. The number of unbranched alkanes of at least 4 members (excludes halogenated alkanes) is 2. The maximum absolute atomic E-state index is 5.63. The molecule has 0 aliphatic heterocycles. The van der Waals surface area contributed by atoms with Gasteiger partial charge >= 0.3 is 0 Å². The molecule has 0 saturated heterocycles. The van der Waals surface area contributed by atoms with Gasteiger partial charge in [-0.15, -0.1) is 0 Å². The molecule has 3 heteroatoms. The van der Waals surface area contributed by atoms with Gasteiger partial charge in [-0.25, -0.2) is 0 Å². The highest BCUT2D eigenvalue weighted by Crippen LogP contribution is 2.02. The second-order valence-electron chi connectivity index (χ2n) is 4.69. The Balaban J connectivity index is 3.25. The van der Waals surface area contributed by atoms with Crippen LogP contribution in [0.1, 0.15) is 53.4 Å². The Morgan fingerprint density at radius 2 is 1.88 bits per heavy atom. The lowest BCUT2D eigenvalue weighted by molar-refractivity contribution is -0.00238. The topological polar surface area (TPSA) is 30.5 Å². The van der Waals surface area contributed by atoms with Crippen molar-refractivity contribution in [1.29, 1.82) is 0 Å². The molecule has 0 fully saturated rings. The second-order valence-corrected chi connectivity index (χ2v) is 4.69. The zero-order valence-corrected chi connectivity index (χ0v) is 12.1. The summed E-state index contributed by atoms with van der Waals surface area (Å²) in [4.78, 5) is 0. The smallest absolute Gasteiger partial charge is 0.0781 e. The van der Waals surface area contributed by atoms with Gasteiger partial charge in [-0.05, 0) is 27.2 Å². The summed E-state index contributed by atoms with van der Waals surface area (Å²) >= 11 is 0. The van der Waals surface area contributed by atoms with Crippen molar-refractivity contribution in [3.63, 3.8) is 0 Å². The van der Waals surface area contributed by atoms with Crippen LogP contribution in [0.2, 0.25) is 0 Å². The van der Waals surface area contributed by atoms with Crippen molar-refractivity contribution in [2.45, 2.75) is 65.5 Å². The summed E-state index contributed by atoms with van der Waals surface area (Å²) in [6.07, 6.45) is 5.43. The summed E-state index contributed by atoms with van der Waals surface area (Å²) in [6.45, 7) is 11.7. The van der Waals surface area contributed by atoms with E-state index in [1.807, 2.05) is 6.92 Å². The lowest BCUT2D eigenvalue weighted by Crippen LogP contribution is -2.31. The van der Waals surface area contributed by atoms with Crippen molar-refractivity contribution >= 4 is 0 Å². The average molecular weight is 245 g/mol. The van der Waals surface area contributed by atoms with E-state index >= 15 is 0 Å². The summed E-state index contributed by atoms with van der Waals surface area (Å²) < 4.78 is 10.9. The van der Waals surface area contributed by atoms with Crippen molar-refractivity contribution in [3.8, 4) is 0 Å². The van der Waals surface area contributed by atoms with Crippen molar-refractivity contribution in [2.75, 3.05) is 26.4 Å². The summed E-state index contributed by atoms with van der Waals surface area (Å²) in [5.74, 6) is 0. The van der Waals surface area contributed by atoms with Crippen molar-refractivity contribution in [2.24, 2.45) is 0 Å². The van der Waals surface area contributed by atoms with E-state index < -0.39 is 0 Å². The van der Waals surface area contributed by atoms with Gasteiger partial charge in [0.2, 0.25) is 0 Å². The van der Waals surface area contributed by atoms with E-state index in [-0.39, 0.29) is 6.10 Å². The van der Waals surface area contributed by atoms with Gasteiger partial charge in [0.25, 0.3) is 0 Å². The molecule has 0 aromatic heterocycles. The normalized spacial score (nSPS) is 14.8. The average Bonchev–Trinajstić information content (AvgIpc) is 2.32. The van der Waals surface area contributed by atoms with Crippen molar-refractivity contribution in [3.05, 3.63) is 0 Å². The van der Waals surface area contributed by atoms with Crippen LogP contribution in [0.15, 0.2) is 0 Å². The van der Waals surface area contributed by atoms with Gasteiger partial charge in [-0.2, -0.15) is 0 Å². The fourth-order valence-corrected chi connectivity index (χ4v) is 1.70. The van der Waals surface area contributed by atoms with E-state index in [9.17, 15) is 0 Å². The molecule has 0 saturated carbocycles. The first-order valence-corrected chi connectivity index (χ1v) is 7.13. The van der Waals surface area contributed by atoms with Gasteiger partial charge in [-0.3, -0.25) is 0 Å². The third-order valence-corrected chi connectivity index (χ3v) is 2.79. The molecule has 0 aliphatic carbocycles. The molecule has 0 rings (SSSR count). The van der Waals surface area contributed by atoms with Crippen molar-refractivity contribution in [1.82, 2.24) is 5.32 Å². The maximum Gasteiger partial charge on any atom is 0.0781 e. The first kappa shape index (κ1) is 16.9. The SMILES string of the molecule is CCCCCC(C)NCCOC(C)COCC. The molecule has 0 aromatic rings. The standard InChI is InChI=1S/C14H31NO2/c1-5-7-8-9-13(3)15-10-11-17-14(4)12-16-6-2/h13-15H,5-12H2,1-4H3. The van der Waals surface area contributed by atoms with E-state index in [4.69, 9.17) is 9.47 Å². The van der Waals surface area contributed by atoms with Crippen molar-refractivity contribution < 1.29 is 9.47 Å². The van der Waals surface area contributed by atoms with Crippen LogP contribution in [0, 0.1) is 0 Å². The fourth-order valence-electron chi connectivity index (χ4n) is 1.70. The Bertz CT molecular complexity index is 153. The number of ether oxygens (including phenoxy) is 2. The van der Waals surface area contributed by atoms with Crippen LogP contribution in [-0.2, 0) is 9.47 Å². The molecule has 2 unspecified atom stereocenters. The fraction of sp³-hybridized carbons (Fsp3) is 1.00. The Hall–Kier alpha value is -0.120. The summed E-state index contributed by atoms with van der Waals surface area (Å²) in [6, 6.07) is 0.604. The van der Waals surface area contributed by atoms with E-state index in [1.54, 1.807) is 0 Å². The van der Waals surface area contributed by atoms with E-state index in [2.05, 4.69) is 26.1 Å². The van der Waals surface area contributed by atoms with Gasteiger partial charge in [-0.1, -0.05) is 26.2 Å². The number of nitrogens with one attached hydrogen (secondary N) is 1. The Morgan fingerprint density at radius 1 is 1.12 bits per heavy atom. The lowest BCUT2D eigenvalue weighted by Gasteiger charge is -2.16. The zero-order valence-electron chi connectivity index (χ0n) is 12.1. The molecule has 0 amide bonds. The molecule has 104 valence electrons. The van der Waals surface area contributed by atoms with Crippen LogP contribution in [0.3, 0.4) is 0 Å². The minimum atomic E-state index is 0.201. The van der Waals surface area contributed by atoms with E-state index in [0.717, 1.165) is 19.8 Å². The summed E-state index contributed by atoms with van der Waals surface area (Å²) in [5.41, 5.74) is 0. The molecule has 0 spiro atoms. The van der Waals surface area contributed by atoms with Crippen LogP contribution < -0.4 is 5.32 Å². The number of rotatable bonds is 12. The Morgan fingerprint density at radius 3 is 2.53 bits per heavy atom. The quantitative estimate of drug-likeness (QED) is 0.536. The van der Waals surface area contributed by atoms with Gasteiger partial charge in [0.1, 0.15) is 0 Å². The highest BCUT2D eigenvalue weighted by atomic mass is 16.5. The van der Waals surface area contributed by atoms with Gasteiger partial charge in [0.05, 0.1) is 19.3 Å². The molecule has 0 aromatic carbocycles. The van der Waals surface area contributed by atoms with Crippen LogP contribution in [0.4, 0.5) is 0 Å². The van der Waals surface area contributed by atoms with E-state index in [0.29, 0.717) is 12.6 Å². The van der Waals surface area contributed by atoms with Crippen LogP contribution in [-0.4, -0.2) is 38.5 Å². The van der Waals surface area contributed by atoms with Gasteiger partial charge < -0.3 is 14.8 Å². The number of hydrogen-bond acceptors (Lipinski definition) is 3. The minimum Gasteiger partial charge on any atom is -0.379 e.